The van der Waals surface area contributed by atoms with Gasteiger partial charge in [-0.1, -0.05) is 26.8 Å². The molecule has 5 heteroatoms. The molecule has 1 aromatic carbocycles. The van der Waals surface area contributed by atoms with Crippen molar-refractivity contribution in [3.63, 3.8) is 0 Å². The van der Waals surface area contributed by atoms with E-state index in [2.05, 4.69) is 5.32 Å². The Bertz CT molecular complexity index is 541. The molecule has 0 saturated heterocycles. The van der Waals surface area contributed by atoms with Crippen molar-refractivity contribution in [2.24, 2.45) is 5.41 Å². The van der Waals surface area contributed by atoms with Gasteiger partial charge in [0, 0.05) is 18.0 Å². The third-order valence-corrected chi connectivity index (χ3v) is 4.16. The molecule has 0 atom stereocenters. The van der Waals surface area contributed by atoms with Crippen molar-refractivity contribution in [2.45, 2.75) is 39.5 Å². The van der Waals surface area contributed by atoms with Crippen molar-refractivity contribution < 1.29 is 18.7 Å². The summed E-state index contributed by atoms with van der Waals surface area (Å²) in [6.45, 7) is 7.77. The average molecular weight is 323 g/mol. The molecule has 0 aromatic heterocycles. The predicted octanol–water partition coefficient (Wildman–Crippen LogP) is 3.26. The van der Waals surface area contributed by atoms with Gasteiger partial charge in [-0.05, 0) is 30.4 Å². The Morgan fingerprint density at radius 2 is 2.04 bits per heavy atom. The van der Waals surface area contributed by atoms with Crippen LogP contribution in [0.5, 0.6) is 5.75 Å². The number of carbonyl (C=O) groups excluding carboxylic acids is 1. The van der Waals surface area contributed by atoms with Crippen LogP contribution in [0, 0.1) is 11.2 Å². The van der Waals surface area contributed by atoms with Gasteiger partial charge >= 0.3 is 0 Å². The average Bonchev–Trinajstić information content (AvgIpc) is 3.25. The monoisotopic (exact) mass is 323 g/mol. The largest absolute Gasteiger partial charge is 0.491 e. The second kappa shape index (κ2) is 7.77. The number of carbonyl (C=O) groups is 1. The van der Waals surface area contributed by atoms with E-state index in [9.17, 15) is 9.18 Å². The van der Waals surface area contributed by atoms with E-state index in [1.165, 1.54) is 12.1 Å². The first kappa shape index (κ1) is 17.7. The van der Waals surface area contributed by atoms with E-state index < -0.39 is 0 Å². The lowest BCUT2D eigenvalue weighted by Gasteiger charge is -2.14. The lowest BCUT2D eigenvalue weighted by Crippen LogP contribution is -2.33. The fourth-order valence-corrected chi connectivity index (χ4v) is 2.29. The fraction of sp³-hybridized carbons (Fsp3) is 0.611. The first-order valence-electron chi connectivity index (χ1n) is 8.21. The summed E-state index contributed by atoms with van der Waals surface area (Å²) < 4.78 is 24.4. The third-order valence-electron chi connectivity index (χ3n) is 4.16. The van der Waals surface area contributed by atoms with Crippen LogP contribution in [0.1, 0.15) is 45.1 Å². The highest BCUT2D eigenvalue weighted by Crippen LogP contribution is 2.44. The Morgan fingerprint density at radius 1 is 1.30 bits per heavy atom. The molecule has 0 heterocycles. The summed E-state index contributed by atoms with van der Waals surface area (Å²) in [6, 6.07) is 4.61. The predicted molar refractivity (Wildman–Crippen MR) is 87.2 cm³/mol. The van der Waals surface area contributed by atoms with Crippen LogP contribution in [0.25, 0.3) is 0 Å². The minimum atomic E-state index is -0.304. The lowest BCUT2D eigenvalue weighted by atomic mass is 10.0. The molecule has 2 rings (SSSR count). The van der Waals surface area contributed by atoms with Crippen molar-refractivity contribution in [3.8, 4) is 5.75 Å². The summed E-state index contributed by atoms with van der Waals surface area (Å²) >= 11 is 0. The number of amides is 1. The summed E-state index contributed by atoms with van der Waals surface area (Å²) in [5.41, 5.74) is 0.838. The van der Waals surface area contributed by atoms with Crippen molar-refractivity contribution in [1.29, 1.82) is 0 Å². The van der Waals surface area contributed by atoms with Gasteiger partial charge in [-0.15, -0.1) is 0 Å². The Hall–Kier alpha value is -1.62. The first-order valence-corrected chi connectivity index (χ1v) is 8.21. The van der Waals surface area contributed by atoms with Crippen molar-refractivity contribution in [1.82, 2.24) is 5.32 Å². The normalized spacial score (nSPS) is 15.5. The molecule has 0 bridgehead atoms. The molecule has 0 unspecified atom stereocenters. The van der Waals surface area contributed by atoms with E-state index in [0.717, 1.165) is 18.4 Å². The molecular weight excluding hydrogens is 297 g/mol. The molecule has 1 aliphatic rings. The van der Waals surface area contributed by atoms with Gasteiger partial charge in [-0.3, -0.25) is 4.79 Å². The van der Waals surface area contributed by atoms with Crippen LogP contribution in [0.2, 0.25) is 0 Å². The van der Waals surface area contributed by atoms with Crippen LogP contribution in [0.4, 0.5) is 4.39 Å². The molecular formula is C18H26FNO3. The summed E-state index contributed by atoms with van der Waals surface area (Å²) in [6.07, 6.45) is 1.94. The topological polar surface area (TPSA) is 47.6 Å². The summed E-state index contributed by atoms with van der Waals surface area (Å²) in [4.78, 5) is 11.7. The summed E-state index contributed by atoms with van der Waals surface area (Å²) in [5.74, 6) is 0.643. The highest BCUT2D eigenvalue weighted by atomic mass is 19.1. The molecule has 23 heavy (non-hydrogen) atoms. The van der Waals surface area contributed by atoms with Crippen molar-refractivity contribution in [3.05, 3.63) is 29.6 Å². The van der Waals surface area contributed by atoms with Gasteiger partial charge in [0.2, 0.25) is 5.91 Å². The number of hydrogen-bond acceptors (Lipinski definition) is 3. The second-order valence-electron chi connectivity index (χ2n) is 6.61. The quantitative estimate of drug-likeness (QED) is 0.710. The van der Waals surface area contributed by atoms with Gasteiger partial charge in [-0.25, -0.2) is 4.39 Å². The molecule has 0 radical (unpaired) electrons. The van der Waals surface area contributed by atoms with E-state index in [1.54, 1.807) is 6.07 Å². The Balaban J connectivity index is 1.62. The minimum absolute atomic E-state index is 0.110. The lowest BCUT2D eigenvalue weighted by molar-refractivity contribution is -0.125. The molecule has 1 saturated carbocycles. The highest BCUT2D eigenvalue weighted by molar-refractivity contribution is 5.84. The third kappa shape index (κ3) is 5.20. The molecule has 1 fully saturated rings. The minimum Gasteiger partial charge on any atom is -0.491 e. The molecule has 4 nitrogen and oxygen atoms in total. The SMILES string of the molecule is CC(C)c1ccc(F)cc1OCCOCCNC(=O)C1(C)CC1. The Morgan fingerprint density at radius 3 is 2.70 bits per heavy atom. The van der Waals surface area contributed by atoms with Gasteiger partial charge < -0.3 is 14.8 Å². The first-order chi connectivity index (χ1) is 10.9. The van der Waals surface area contributed by atoms with Gasteiger partial charge in [0.25, 0.3) is 0 Å². The highest BCUT2D eigenvalue weighted by Gasteiger charge is 2.44. The van der Waals surface area contributed by atoms with Crippen LogP contribution < -0.4 is 10.1 Å². The van der Waals surface area contributed by atoms with Crippen molar-refractivity contribution in [2.75, 3.05) is 26.4 Å². The maximum absolute atomic E-state index is 13.3. The summed E-state index contributed by atoms with van der Waals surface area (Å²) in [7, 11) is 0. The van der Waals surface area contributed by atoms with E-state index >= 15 is 0 Å². The molecule has 0 aliphatic heterocycles. The second-order valence-corrected chi connectivity index (χ2v) is 6.61. The molecule has 128 valence electrons. The number of hydrogen-bond donors (Lipinski definition) is 1. The zero-order valence-electron chi connectivity index (χ0n) is 14.2. The smallest absolute Gasteiger partial charge is 0.226 e. The maximum Gasteiger partial charge on any atom is 0.226 e. The molecule has 1 aromatic rings. The van der Waals surface area contributed by atoms with Crippen molar-refractivity contribution >= 4 is 5.91 Å². The molecule has 0 spiro atoms. The zero-order valence-corrected chi connectivity index (χ0v) is 14.2. The molecule has 1 aliphatic carbocycles. The maximum atomic E-state index is 13.3. The molecule has 1 amide bonds. The van der Waals surface area contributed by atoms with E-state index in [4.69, 9.17) is 9.47 Å². The van der Waals surface area contributed by atoms with Crippen LogP contribution in [0.3, 0.4) is 0 Å². The Labute approximate surface area is 137 Å². The molecule has 1 N–H and O–H groups in total. The van der Waals surface area contributed by atoms with Crippen LogP contribution in [0.15, 0.2) is 18.2 Å². The Kier molecular flexibility index (Phi) is 5.99. The zero-order chi connectivity index (χ0) is 16.9. The van der Waals surface area contributed by atoms with Crippen LogP contribution in [-0.4, -0.2) is 32.3 Å². The fourth-order valence-electron chi connectivity index (χ4n) is 2.29. The number of nitrogens with one attached hydrogen (secondary N) is 1. The van der Waals surface area contributed by atoms with Gasteiger partial charge in [0.1, 0.15) is 18.2 Å². The number of rotatable bonds is 9. The summed E-state index contributed by atoms with van der Waals surface area (Å²) in [5, 5.41) is 2.87. The number of benzene rings is 1. The number of halogens is 1. The standard InChI is InChI=1S/C18H26FNO3/c1-13(2)15-5-4-14(19)12-16(15)23-11-10-22-9-8-20-17(21)18(3)6-7-18/h4-5,12-13H,6-11H2,1-3H3,(H,20,21). The van der Waals surface area contributed by atoms with E-state index in [0.29, 0.717) is 32.1 Å². The van der Waals surface area contributed by atoms with E-state index in [-0.39, 0.29) is 23.1 Å². The van der Waals surface area contributed by atoms with Gasteiger partial charge in [0.05, 0.1) is 13.2 Å². The van der Waals surface area contributed by atoms with Crippen LogP contribution >= 0.6 is 0 Å². The number of ether oxygens (including phenoxy) is 2. The van der Waals surface area contributed by atoms with Crippen LogP contribution in [-0.2, 0) is 9.53 Å². The van der Waals surface area contributed by atoms with Gasteiger partial charge in [0.15, 0.2) is 0 Å². The van der Waals surface area contributed by atoms with E-state index in [1.807, 2.05) is 20.8 Å². The van der Waals surface area contributed by atoms with Gasteiger partial charge in [-0.2, -0.15) is 0 Å².